The third-order valence-corrected chi connectivity index (χ3v) is 5.28. The highest BCUT2D eigenvalue weighted by molar-refractivity contribution is 5.91. The van der Waals surface area contributed by atoms with Crippen molar-refractivity contribution >= 4 is 11.9 Å². The van der Waals surface area contributed by atoms with E-state index in [1.54, 1.807) is 0 Å². The number of hydrogen-bond acceptors (Lipinski definition) is 2. The Bertz CT molecular complexity index is 449. The number of carboxylic acids is 1. The Hall–Kier alpha value is -1.06. The lowest BCUT2D eigenvalue weighted by molar-refractivity contribution is -0.140. The summed E-state index contributed by atoms with van der Waals surface area (Å²) in [5.74, 6) is -1.86. The number of carbonyl (C=O) groups is 2. The summed E-state index contributed by atoms with van der Waals surface area (Å²) in [6.07, 6.45) is 3.08. The smallest absolute Gasteiger partial charge is 0.307 e. The number of nitrogens with one attached hydrogen (secondary N) is 1. The molecule has 2 rings (SSSR count). The first-order valence-corrected chi connectivity index (χ1v) is 7.89. The van der Waals surface area contributed by atoms with Crippen LogP contribution in [0.25, 0.3) is 0 Å². The maximum atomic E-state index is 12.5. The van der Waals surface area contributed by atoms with Crippen LogP contribution in [0.1, 0.15) is 60.8 Å². The first-order valence-electron chi connectivity index (χ1n) is 7.89. The van der Waals surface area contributed by atoms with Crippen molar-refractivity contribution in [2.24, 2.45) is 28.1 Å². The Morgan fingerprint density at radius 3 is 1.81 bits per heavy atom. The SMILES string of the molecule is CC1(C)CC(NC(=O)C2C(C(=O)O)C2(C)C)CC(C)(C)C1. The minimum atomic E-state index is -0.857. The van der Waals surface area contributed by atoms with E-state index in [0.29, 0.717) is 0 Å². The summed E-state index contributed by atoms with van der Waals surface area (Å²) in [4.78, 5) is 23.7. The maximum absolute atomic E-state index is 12.5. The molecule has 2 saturated carbocycles. The van der Waals surface area contributed by atoms with E-state index < -0.39 is 17.3 Å². The highest BCUT2D eigenvalue weighted by Gasteiger charge is 2.66. The fraction of sp³-hybridized carbons (Fsp3) is 0.882. The van der Waals surface area contributed by atoms with Gasteiger partial charge in [-0.2, -0.15) is 0 Å². The van der Waals surface area contributed by atoms with Gasteiger partial charge in [0.1, 0.15) is 0 Å². The summed E-state index contributed by atoms with van der Waals surface area (Å²) < 4.78 is 0. The Kier molecular flexibility index (Phi) is 3.67. The summed E-state index contributed by atoms with van der Waals surface area (Å²) in [5.41, 5.74) is 0.00550. The molecule has 2 unspecified atom stereocenters. The molecule has 1 amide bonds. The molecule has 0 radical (unpaired) electrons. The minimum absolute atomic E-state index is 0.0779. The van der Waals surface area contributed by atoms with Crippen LogP contribution in [0.2, 0.25) is 0 Å². The van der Waals surface area contributed by atoms with Crippen molar-refractivity contribution in [3.05, 3.63) is 0 Å². The number of carbonyl (C=O) groups excluding carboxylic acids is 1. The predicted octanol–water partition coefficient (Wildman–Crippen LogP) is 3.06. The molecule has 0 aliphatic heterocycles. The zero-order valence-electron chi connectivity index (χ0n) is 14.1. The summed E-state index contributed by atoms with van der Waals surface area (Å²) in [6, 6.07) is 0.155. The summed E-state index contributed by atoms with van der Waals surface area (Å²) in [6.45, 7) is 12.7. The predicted molar refractivity (Wildman–Crippen MR) is 81.7 cm³/mol. The Morgan fingerprint density at radius 1 is 0.952 bits per heavy atom. The van der Waals surface area contributed by atoms with Crippen LogP contribution in [0.4, 0.5) is 0 Å². The minimum Gasteiger partial charge on any atom is -0.481 e. The molecule has 0 aromatic rings. The van der Waals surface area contributed by atoms with Crippen LogP contribution < -0.4 is 5.32 Å². The van der Waals surface area contributed by atoms with Gasteiger partial charge in [0.05, 0.1) is 11.8 Å². The Balaban J connectivity index is 2.02. The number of rotatable bonds is 3. The van der Waals surface area contributed by atoms with Crippen LogP contribution in [0.3, 0.4) is 0 Å². The van der Waals surface area contributed by atoms with E-state index in [1.165, 1.54) is 0 Å². The van der Waals surface area contributed by atoms with Crippen molar-refractivity contribution in [2.45, 2.75) is 66.8 Å². The second kappa shape index (κ2) is 4.72. The summed E-state index contributed by atoms with van der Waals surface area (Å²) >= 11 is 0. The van der Waals surface area contributed by atoms with E-state index in [0.717, 1.165) is 19.3 Å². The third-order valence-electron chi connectivity index (χ3n) is 5.28. The average Bonchev–Trinajstić information content (AvgIpc) is 2.76. The van der Waals surface area contributed by atoms with Crippen LogP contribution >= 0.6 is 0 Å². The van der Waals surface area contributed by atoms with Crippen LogP contribution in [0.15, 0.2) is 0 Å². The first-order chi connectivity index (χ1) is 9.36. The van der Waals surface area contributed by atoms with Gasteiger partial charge in [-0.05, 0) is 35.5 Å². The monoisotopic (exact) mass is 295 g/mol. The van der Waals surface area contributed by atoms with E-state index >= 15 is 0 Å². The number of hydrogen-bond donors (Lipinski definition) is 2. The van der Waals surface area contributed by atoms with E-state index in [2.05, 4.69) is 33.0 Å². The van der Waals surface area contributed by atoms with Gasteiger partial charge in [0, 0.05) is 6.04 Å². The van der Waals surface area contributed by atoms with Gasteiger partial charge in [0.2, 0.25) is 5.91 Å². The summed E-state index contributed by atoms with van der Waals surface area (Å²) in [7, 11) is 0. The molecule has 0 saturated heterocycles. The van der Waals surface area contributed by atoms with Crippen LogP contribution in [-0.2, 0) is 9.59 Å². The standard InChI is InChI=1S/C17H29NO3/c1-15(2)7-10(8-16(3,4)9-15)18-13(19)11-12(14(20)21)17(11,5)6/h10-12H,7-9H2,1-6H3,(H,18,19)(H,20,21). The molecule has 21 heavy (non-hydrogen) atoms. The molecule has 4 nitrogen and oxygen atoms in total. The zero-order chi connectivity index (χ0) is 16.2. The molecular formula is C17H29NO3. The van der Waals surface area contributed by atoms with Gasteiger partial charge in [-0.3, -0.25) is 9.59 Å². The quantitative estimate of drug-likeness (QED) is 0.841. The molecule has 2 aliphatic rings. The largest absolute Gasteiger partial charge is 0.481 e. The molecule has 0 spiro atoms. The van der Waals surface area contributed by atoms with Crippen LogP contribution in [-0.4, -0.2) is 23.0 Å². The Morgan fingerprint density at radius 2 is 1.43 bits per heavy atom. The van der Waals surface area contributed by atoms with Crippen molar-refractivity contribution in [1.29, 1.82) is 0 Å². The molecule has 120 valence electrons. The number of amides is 1. The molecule has 2 atom stereocenters. The molecule has 0 heterocycles. The maximum Gasteiger partial charge on any atom is 0.307 e. The van der Waals surface area contributed by atoms with Crippen LogP contribution in [0, 0.1) is 28.1 Å². The lowest BCUT2D eigenvalue weighted by atomic mass is 9.63. The van der Waals surface area contributed by atoms with E-state index in [-0.39, 0.29) is 28.7 Å². The van der Waals surface area contributed by atoms with Crippen molar-refractivity contribution in [2.75, 3.05) is 0 Å². The zero-order valence-corrected chi connectivity index (χ0v) is 14.1. The van der Waals surface area contributed by atoms with Gasteiger partial charge in [0.15, 0.2) is 0 Å². The second-order valence-corrected chi connectivity index (χ2v) is 9.23. The highest BCUT2D eigenvalue weighted by atomic mass is 16.4. The number of aliphatic carboxylic acids is 1. The van der Waals surface area contributed by atoms with Gasteiger partial charge < -0.3 is 10.4 Å². The molecule has 4 heteroatoms. The number of carboxylic acid groups (broad SMARTS) is 1. The lowest BCUT2D eigenvalue weighted by Crippen LogP contribution is -2.46. The normalized spacial score (nSPS) is 33.2. The second-order valence-electron chi connectivity index (χ2n) is 9.23. The highest BCUT2D eigenvalue weighted by Crippen LogP contribution is 2.58. The van der Waals surface area contributed by atoms with E-state index in [4.69, 9.17) is 0 Å². The Labute approximate surface area is 127 Å². The van der Waals surface area contributed by atoms with Crippen molar-refractivity contribution in [3.63, 3.8) is 0 Å². The molecule has 2 fully saturated rings. The molecule has 2 aliphatic carbocycles. The fourth-order valence-corrected chi connectivity index (χ4v) is 4.83. The molecule has 0 bridgehead atoms. The molecular weight excluding hydrogens is 266 g/mol. The average molecular weight is 295 g/mol. The topological polar surface area (TPSA) is 66.4 Å². The van der Waals surface area contributed by atoms with Crippen molar-refractivity contribution in [1.82, 2.24) is 5.32 Å². The molecule has 2 N–H and O–H groups in total. The lowest BCUT2D eigenvalue weighted by Gasteiger charge is -2.45. The van der Waals surface area contributed by atoms with Gasteiger partial charge >= 0.3 is 5.97 Å². The molecule has 0 aromatic carbocycles. The van der Waals surface area contributed by atoms with Gasteiger partial charge in [-0.25, -0.2) is 0 Å². The molecule has 0 aromatic heterocycles. The van der Waals surface area contributed by atoms with E-state index in [1.807, 2.05) is 13.8 Å². The van der Waals surface area contributed by atoms with Crippen LogP contribution in [0.5, 0.6) is 0 Å². The fourth-order valence-electron chi connectivity index (χ4n) is 4.83. The third kappa shape index (κ3) is 3.24. The van der Waals surface area contributed by atoms with Gasteiger partial charge in [-0.1, -0.05) is 41.5 Å². The van der Waals surface area contributed by atoms with Gasteiger partial charge in [0.25, 0.3) is 0 Å². The van der Waals surface area contributed by atoms with E-state index in [9.17, 15) is 14.7 Å². The van der Waals surface area contributed by atoms with Crippen molar-refractivity contribution in [3.8, 4) is 0 Å². The first kappa shape index (κ1) is 16.3. The van der Waals surface area contributed by atoms with Gasteiger partial charge in [-0.15, -0.1) is 0 Å². The summed E-state index contributed by atoms with van der Waals surface area (Å²) in [5, 5.41) is 12.3. The van der Waals surface area contributed by atoms with Crippen molar-refractivity contribution < 1.29 is 14.7 Å².